The van der Waals surface area contributed by atoms with Crippen LogP contribution in [0.1, 0.15) is 22.7 Å². The maximum atomic E-state index is 12.2. The fourth-order valence-electron chi connectivity index (χ4n) is 3.65. The van der Waals surface area contributed by atoms with E-state index in [-0.39, 0.29) is 23.7 Å². The number of nitroso groups, excluding NO2 is 1. The summed E-state index contributed by atoms with van der Waals surface area (Å²) in [5.41, 5.74) is 2.27. The Hall–Kier alpha value is -4.13. The molecule has 0 saturated carbocycles. The van der Waals surface area contributed by atoms with E-state index in [1.165, 1.54) is 0 Å². The second-order valence-corrected chi connectivity index (χ2v) is 7.21. The second-order valence-electron chi connectivity index (χ2n) is 7.21. The number of hydrogen-bond donors (Lipinski definition) is 3. The molecule has 0 radical (unpaired) electrons. The Balaban J connectivity index is 1.61. The molecule has 3 N–H and O–H groups in total. The highest BCUT2D eigenvalue weighted by Crippen LogP contribution is 2.36. The van der Waals surface area contributed by atoms with Gasteiger partial charge in [0.15, 0.2) is 0 Å². The molecule has 0 aliphatic carbocycles. The minimum Gasteiger partial charge on any atom is -0.487 e. The van der Waals surface area contributed by atoms with Crippen LogP contribution in [0.3, 0.4) is 0 Å². The van der Waals surface area contributed by atoms with E-state index in [1.807, 2.05) is 36.4 Å². The van der Waals surface area contributed by atoms with Crippen LogP contribution in [0.4, 0.5) is 5.69 Å². The number of carbonyl (C=O) groups is 1. The molecule has 0 bridgehead atoms. The van der Waals surface area contributed by atoms with E-state index in [0.29, 0.717) is 16.9 Å². The molecule has 1 saturated heterocycles. The molecular formula is C24H20N4O3. The zero-order valence-electron chi connectivity index (χ0n) is 16.5. The lowest BCUT2D eigenvalue weighted by Gasteiger charge is -2.21. The van der Waals surface area contributed by atoms with Crippen LogP contribution in [0.5, 0.6) is 5.75 Å². The summed E-state index contributed by atoms with van der Waals surface area (Å²) in [5, 5.41) is 22.6. The summed E-state index contributed by atoms with van der Waals surface area (Å²) in [4.78, 5) is 23.7. The van der Waals surface area contributed by atoms with Gasteiger partial charge in [0, 0.05) is 0 Å². The van der Waals surface area contributed by atoms with Gasteiger partial charge in [-0.15, -0.1) is 4.91 Å². The highest BCUT2D eigenvalue weighted by Gasteiger charge is 2.42. The van der Waals surface area contributed by atoms with Crippen LogP contribution < -0.4 is 10.1 Å². The topological polar surface area (TPSA) is 115 Å². The zero-order chi connectivity index (χ0) is 21.8. The summed E-state index contributed by atoms with van der Waals surface area (Å²) >= 11 is 0. The minimum atomic E-state index is -0.773. The first-order chi connectivity index (χ1) is 15.1. The number of amides is 1. The van der Waals surface area contributed by atoms with E-state index in [1.54, 1.807) is 42.5 Å². The molecule has 1 amide bonds. The average Bonchev–Trinajstić information content (AvgIpc) is 3.12. The number of rotatable bonds is 7. The van der Waals surface area contributed by atoms with Crippen LogP contribution in [0, 0.1) is 21.6 Å². The Kier molecular flexibility index (Phi) is 5.66. The molecule has 1 aliphatic heterocycles. The lowest BCUT2D eigenvalue weighted by Crippen LogP contribution is -2.26. The predicted molar refractivity (Wildman–Crippen MR) is 118 cm³/mol. The van der Waals surface area contributed by atoms with E-state index < -0.39 is 17.9 Å². The van der Waals surface area contributed by atoms with Crippen molar-refractivity contribution in [2.45, 2.75) is 12.6 Å². The maximum Gasteiger partial charge on any atom is 0.266 e. The molecule has 31 heavy (non-hydrogen) atoms. The van der Waals surface area contributed by atoms with Crippen molar-refractivity contribution in [3.8, 4) is 5.75 Å². The lowest BCUT2D eigenvalue weighted by molar-refractivity contribution is -0.114. The Morgan fingerprint density at radius 3 is 2.35 bits per heavy atom. The van der Waals surface area contributed by atoms with Crippen molar-refractivity contribution in [3.05, 3.63) is 100 Å². The summed E-state index contributed by atoms with van der Waals surface area (Å²) in [5.74, 6) is -0.970. The maximum absolute atomic E-state index is 12.2. The van der Waals surface area contributed by atoms with Crippen LogP contribution in [0.15, 0.2) is 84.0 Å². The van der Waals surface area contributed by atoms with Crippen LogP contribution in [-0.4, -0.2) is 17.3 Å². The molecular weight excluding hydrogens is 392 g/mol. The minimum absolute atomic E-state index is 0.103. The van der Waals surface area contributed by atoms with Crippen molar-refractivity contribution in [2.75, 3.05) is 0 Å². The normalized spacial score (nSPS) is 17.8. The van der Waals surface area contributed by atoms with Gasteiger partial charge in [0.05, 0.1) is 17.7 Å². The summed E-state index contributed by atoms with van der Waals surface area (Å²) in [7, 11) is 0. The van der Waals surface area contributed by atoms with Gasteiger partial charge in [-0.2, -0.15) is 0 Å². The first kappa shape index (κ1) is 20.2. The molecule has 7 heteroatoms. The molecule has 7 nitrogen and oxygen atoms in total. The number of benzene rings is 3. The summed E-state index contributed by atoms with van der Waals surface area (Å²) < 4.78 is 5.75. The molecule has 1 aliphatic rings. The quantitative estimate of drug-likeness (QED) is 0.391. The van der Waals surface area contributed by atoms with Gasteiger partial charge in [-0.25, -0.2) is 0 Å². The molecule has 154 valence electrons. The van der Waals surface area contributed by atoms with E-state index in [4.69, 9.17) is 15.6 Å². The first-order valence-electron chi connectivity index (χ1n) is 9.75. The number of nitrogens with one attached hydrogen (secondary N) is 3. The van der Waals surface area contributed by atoms with Crippen molar-refractivity contribution in [3.63, 3.8) is 0 Å². The van der Waals surface area contributed by atoms with Crippen molar-refractivity contribution < 1.29 is 9.53 Å². The predicted octanol–water partition coefficient (Wildman–Crippen LogP) is 4.54. The monoisotopic (exact) mass is 412 g/mol. The lowest BCUT2D eigenvalue weighted by atomic mass is 9.85. The van der Waals surface area contributed by atoms with Crippen molar-refractivity contribution in [1.29, 1.82) is 10.8 Å². The molecule has 1 fully saturated rings. The largest absolute Gasteiger partial charge is 0.487 e. The Labute approximate surface area is 179 Å². The number of nitrogens with zero attached hydrogens (tertiary/aromatic N) is 1. The van der Waals surface area contributed by atoms with Gasteiger partial charge in [-0.05, 0) is 34.0 Å². The van der Waals surface area contributed by atoms with Gasteiger partial charge < -0.3 is 15.5 Å². The Bertz CT molecular complexity index is 1150. The number of ether oxygens (including phenoxy) is 1. The molecule has 2 unspecified atom stereocenters. The summed E-state index contributed by atoms with van der Waals surface area (Å²) in [6.07, 6.45) is 0. The molecule has 1 heterocycles. The number of carbonyl (C=O) groups excluding carboxylic acids is 1. The third kappa shape index (κ3) is 4.11. The molecule has 2 atom stereocenters. The van der Waals surface area contributed by atoms with Crippen LogP contribution in [0.25, 0.3) is 0 Å². The Morgan fingerprint density at radius 1 is 1.00 bits per heavy atom. The van der Waals surface area contributed by atoms with Gasteiger partial charge in [-0.1, -0.05) is 66.7 Å². The highest BCUT2D eigenvalue weighted by atomic mass is 16.5. The fourth-order valence-corrected chi connectivity index (χ4v) is 3.65. The van der Waals surface area contributed by atoms with Gasteiger partial charge in [0.1, 0.15) is 23.8 Å². The van der Waals surface area contributed by atoms with Gasteiger partial charge in [0.2, 0.25) is 0 Å². The molecule has 3 aromatic carbocycles. The molecule has 3 aromatic rings. The highest BCUT2D eigenvalue weighted by molar-refractivity contribution is 6.45. The smallest absolute Gasteiger partial charge is 0.266 e. The first-order valence-corrected chi connectivity index (χ1v) is 9.75. The fraction of sp³-hybridized carbons (Fsp3) is 0.125. The van der Waals surface area contributed by atoms with Gasteiger partial charge in [0.25, 0.3) is 5.91 Å². The molecule has 0 aromatic heterocycles. The SMILES string of the molecule is N=C1C(=O)NC(c2ccc(OCc3ccccc3)c(N=O)c2)C1C(=N)c1ccccc1. The molecule has 4 rings (SSSR count). The average molecular weight is 412 g/mol. The van der Waals surface area contributed by atoms with Crippen LogP contribution in [-0.2, 0) is 11.4 Å². The zero-order valence-corrected chi connectivity index (χ0v) is 16.5. The van der Waals surface area contributed by atoms with Crippen LogP contribution in [0.2, 0.25) is 0 Å². The third-order valence-corrected chi connectivity index (χ3v) is 5.25. The van der Waals surface area contributed by atoms with E-state index >= 15 is 0 Å². The van der Waals surface area contributed by atoms with E-state index in [2.05, 4.69) is 10.5 Å². The summed E-state index contributed by atoms with van der Waals surface area (Å²) in [6.45, 7) is 0.287. The van der Waals surface area contributed by atoms with Gasteiger partial charge in [-0.3, -0.25) is 10.2 Å². The Morgan fingerprint density at radius 2 is 1.68 bits per heavy atom. The van der Waals surface area contributed by atoms with Crippen molar-refractivity contribution >= 4 is 23.0 Å². The van der Waals surface area contributed by atoms with Crippen molar-refractivity contribution in [2.24, 2.45) is 11.1 Å². The van der Waals surface area contributed by atoms with E-state index in [9.17, 15) is 9.70 Å². The second kappa shape index (κ2) is 8.71. The molecule has 0 spiro atoms. The van der Waals surface area contributed by atoms with E-state index in [0.717, 1.165) is 5.56 Å². The standard InChI is InChI=1S/C24H20N4O3/c25-21(16-9-5-2-6-10-16)20-22(26)24(29)27-23(20)17-11-12-19(18(13-17)28-30)31-14-15-7-3-1-4-8-15/h1-13,20,23,25-26H,14H2,(H,27,29). The van der Waals surface area contributed by atoms with Crippen molar-refractivity contribution in [1.82, 2.24) is 5.32 Å². The summed E-state index contributed by atoms with van der Waals surface area (Å²) in [6, 6.07) is 22.8. The van der Waals surface area contributed by atoms with Crippen LogP contribution >= 0.6 is 0 Å². The third-order valence-electron chi connectivity index (χ3n) is 5.25. The van der Waals surface area contributed by atoms with Gasteiger partial charge >= 0.3 is 0 Å². The number of hydrogen-bond acceptors (Lipinski definition) is 6.